The number of hydrogen-bond donors (Lipinski definition) is 1. The molecule has 2 heterocycles. The molecule has 0 aliphatic rings. The normalized spacial score (nSPS) is 11.9. The summed E-state index contributed by atoms with van der Waals surface area (Å²) in [6.45, 7) is 2.16. The van der Waals surface area contributed by atoms with Crippen molar-refractivity contribution in [2.45, 2.75) is 12.8 Å². The Morgan fingerprint density at radius 3 is 2.46 bits per heavy atom. The quantitative estimate of drug-likeness (QED) is 0.527. The molecule has 0 saturated heterocycles. The molecule has 4 nitrogen and oxygen atoms in total. The number of nitrogens with one attached hydrogen (secondary N) is 1. The fourth-order valence-corrected chi connectivity index (χ4v) is 2.86. The third-order valence-electron chi connectivity index (χ3n) is 4.35. The van der Waals surface area contributed by atoms with Gasteiger partial charge in [-0.15, -0.1) is 0 Å². The molecule has 4 rings (SSSR count). The Morgan fingerprint density at radius 2 is 1.65 bits per heavy atom. The van der Waals surface area contributed by atoms with E-state index in [9.17, 15) is 0 Å². The van der Waals surface area contributed by atoms with E-state index in [0.717, 1.165) is 28.6 Å². The predicted molar refractivity (Wildman–Crippen MR) is 102 cm³/mol. The minimum Gasteiger partial charge on any atom is -0.457 e. The van der Waals surface area contributed by atoms with Gasteiger partial charge in [0.05, 0.1) is 0 Å². The lowest BCUT2D eigenvalue weighted by Crippen LogP contribution is -1.97. The molecule has 0 spiro atoms. The predicted octanol–water partition coefficient (Wildman–Crippen LogP) is 5.42. The van der Waals surface area contributed by atoms with Gasteiger partial charge < -0.3 is 9.72 Å². The SMILES string of the molecule is CC(c1cccc(Oc2ccccc2)c1)c1cnc(-c2ccncc2)[nH]1. The number of pyridine rings is 1. The Bertz CT molecular complexity index is 980. The summed E-state index contributed by atoms with van der Waals surface area (Å²) in [6.07, 6.45) is 5.43. The van der Waals surface area contributed by atoms with Crippen molar-refractivity contribution in [1.82, 2.24) is 15.0 Å². The molecule has 0 radical (unpaired) electrons. The van der Waals surface area contributed by atoms with Crippen LogP contribution in [-0.2, 0) is 0 Å². The van der Waals surface area contributed by atoms with E-state index in [4.69, 9.17) is 4.74 Å². The first-order valence-corrected chi connectivity index (χ1v) is 8.58. The maximum atomic E-state index is 5.95. The summed E-state index contributed by atoms with van der Waals surface area (Å²) in [5.74, 6) is 2.69. The molecule has 4 aromatic rings. The van der Waals surface area contributed by atoms with E-state index in [2.05, 4.69) is 34.0 Å². The second kappa shape index (κ2) is 7.23. The van der Waals surface area contributed by atoms with E-state index in [-0.39, 0.29) is 5.92 Å². The van der Waals surface area contributed by atoms with Crippen molar-refractivity contribution in [1.29, 1.82) is 0 Å². The van der Waals surface area contributed by atoms with Crippen LogP contribution in [0.4, 0.5) is 0 Å². The summed E-state index contributed by atoms with van der Waals surface area (Å²) in [7, 11) is 0. The van der Waals surface area contributed by atoms with Crippen LogP contribution in [0.15, 0.2) is 85.3 Å². The van der Waals surface area contributed by atoms with Crippen LogP contribution in [-0.4, -0.2) is 15.0 Å². The Hall–Kier alpha value is -3.40. The van der Waals surface area contributed by atoms with Crippen molar-refractivity contribution in [3.8, 4) is 22.9 Å². The molecule has 0 amide bonds. The van der Waals surface area contributed by atoms with Gasteiger partial charge in [-0.3, -0.25) is 4.98 Å². The zero-order chi connectivity index (χ0) is 17.8. The zero-order valence-corrected chi connectivity index (χ0v) is 14.5. The Kier molecular flexibility index (Phi) is 4.48. The molecule has 0 bridgehead atoms. The van der Waals surface area contributed by atoms with Crippen LogP contribution in [0.5, 0.6) is 11.5 Å². The standard InChI is InChI=1S/C22H19N3O/c1-16(21-15-24-22(25-21)17-10-12-23-13-11-17)18-6-5-9-20(14-18)26-19-7-3-2-4-8-19/h2-16H,1H3,(H,24,25). The first kappa shape index (κ1) is 16.1. The van der Waals surface area contributed by atoms with E-state index in [1.165, 1.54) is 5.56 Å². The van der Waals surface area contributed by atoms with Gasteiger partial charge in [-0.25, -0.2) is 4.98 Å². The average molecular weight is 341 g/mol. The Labute approximate surface area is 152 Å². The summed E-state index contributed by atoms with van der Waals surface area (Å²) >= 11 is 0. The first-order valence-electron chi connectivity index (χ1n) is 8.58. The molecule has 128 valence electrons. The van der Waals surface area contributed by atoms with Crippen molar-refractivity contribution in [2.24, 2.45) is 0 Å². The van der Waals surface area contributed by atoms with E-state index in [1.54, 1.807) is 12.4 Å². The van der Waals surface area contributed by atoms with E-state index >= 15 is 0 Å². The summed E-state index contributed by atoms with van der Waals surface area (Å²) in [4.78, 5) is 12.0. The molecule has 0 fully saturated rings. The largest absolute Gasteiger partial charge is 0.457 e. The molecule has 4 heteroatoms. The van der Waals surface area contributed by atoms with Gasteiger partial charge in [0.15, 0.2) is 0 Å². The lowest BCUT2D eigenvalue weighted by atomic mass is 9.98. The third kappa shape index (κ3) is 3.49. The van der Waals surface area contributed by atoms with Crippen molar-refractivity contribution in [2.75, 3.05) is 0 Å². The van der Waals surface area contributed by atoms with Gasteiger partial charge >= 0.3 is 0 Å². The molecule has 1 unspecified atom stereocenters. The van der Waals surface area contributed by atoms with Gasteiger partial charge in [-0.05, 0) is 42.0 Å². The van der Waals surface area contributed by atoms with E-state index in [0.29, 0.717) is 0 Å². The second-order valence-electron chi connectivity index (χ2n) is 6.13. The molecular weight excluding hydrogens is 322 g/mol. The highest BCUT2D eigenvalue weighted by Crippen LogP contribution is 2.29. The number of benzene rings is 2. The van der Waals surface area contributed by atoms with Gasteiger partial charge in [0.2, 0.25) is 0 Å². The third-order valence-corrected chi connectivity index (χ3v) is 4.35. The van der Waals surface area contributed by atoms with E-state index < -0.39 is 0 Å². The second-order valence-corrected chi connectivity index (χ2v) is 6.13. The lowest BCUT2D eigenvalue weighted by molar-refractivity contribution is 0.481. The van der Waals surface area contributed by atoms with Crippen LogP contribution in [0.2, 0.25) is 0 Å². The minimum absolute atomic E-state index is 0.178. The molecule has 0 aliphatic carbocycles. The van der Waals surface area contributed by atoms with Crippen LogP contribution in [0.25, 0.3) is 11.4 Å². The fourth-order valence-electron chi connectivity index (χ4n) is 2.86. The van der Waals surface area contributed by atoms with Crippen molar-refractivity contribution < 1.29 is 4.74 Å². The minimum atomic E-state index is 0.178. The van der Waals surface area contributed by atoms with Gasteiger partial charge in [-0.2, -0.15) is 0 Å². The molecular formula is C22H19N3O. The van der Waals surface area contributed by atoms with Crippen LogP contribution in [0, 0.1) is 0 Å². The number of aromatic amines is 1. The summed E-state index contributed by atoms with van der Waals surface area (Å²) in [6, 6.07) is 21.9. The Morgan fingerprint density at radius 1 is 0.885 bits per heavy atom. The fraction of sp³-hybridized carbons (Fsp3) is 0.0909. The average Bonchev–Trinajstić information content (AvgIpc) is 3.19. The van der Waals surface area contributed by atoms with Crippen LogP contribution in [0.1, 0.15) is 24.1 Å². The number of para-hydroxylation sites is 1. The monoisotopic (exact) mass is 341 g/mol. The molecule has 0 aliphatic heterocycles. The number of hydrogen-bond acceptors (Lipinski definition) is 3. The van der Waals surface area contributed by atoms with Gasteiger partial charge in [0.25, 0.3) is 0 Å². The maximum Gasteiger partial charge on any atom is 0.137 e. The number of ether oxygens (including phenoxy) is 1. The highest BCUT2D eigenvalue weighted by molar-refractivity contribution is 5.54. The lowest BCUT2D eigenvalue weighted by Gasteiger charge is -2.12. The summed E-state index contributed by atoms with van der Waals surface area (Å²) < 4.78 is 5.95. The number of nitrogens with zero attached hydrogens (tertiary/aromatic N) is 2. The Balaban J connectivity index is 1.56. The van der Waals surface area contributed by atoms with Crippen LogP contribution >= 0.6 is 0 Å². The molecule has 2 aromatic carbocycles. The topological polar surface area (TPSA) is 50.8 Å². The highest BCUT2D eigenvalue weighted by atomic mass is 16.5. The summed E-state index contributed by atoms with van der Waals surface area (Å²) in [5, 5.41) is 0. The van der Waals surface area contributed by atoms with Crippen LogP contribution < -0.4 is 4.74 Å². The van der Waals surface area contributed by atoms with Gasteiger partial charge in [0, 0.05) is 35.8 Å². The van der Waals surface area contributed by atoms with Gasteiger partial charge in [0.1, 0.15) is 17.3 Å². The summed E-state index contributed by atoms with van der Waals surface area (Å²) in [5.41, 5.74) is 3.26. The van der Waals surface area contributed by atoms with Crippen LogP contribution in [0.3, 0.4) is 0 Å². The molecule has 2 aromatic heterocycles. The highest BCUT2D eigenvalue weighted by Gasteiger charge is 2.13. The zero-order valence-electron chi connectivity index (χ0n) is 14.5. The van der Waals surface area contributed by atoms with Crippen molar-refractivity contribution in [3.63, 3.8) is 0 Å². The van der Waals surface area contributed by atoms with E-state index in [1.807, 2.05) is 60.8 Å². The number of H-pyrrole nitrogens is 1. The van der Waals surface area contributed by atoms with Crippen molar-refractivity contribution in [3.05, 3.63) is 96.6 Å². The molecule has 26 heavy (non-hydrogen) atoms. The first-order chi connectivity index (χ1) is 12.8. The molecule has 0 saturated carbocycles. The number of aromatic nitrogens is 3. The number of imidazole rings is 1. The number of rotatable bonds is 5. The van der Waals surface area contributed by atoms with Crippen molar-refractivity contribution >= 4 is 0 Å². The molecule has 1 N–H and O–H groups in total. The smallest absolute Gasteiger partial charge is 0.137 e. The molecule has 1 atom stereocenters. The van der Waals surface area contributed by atoms with Gasteiger partial charge in [-0.1, -0.05) is 37.3 Å². The maximum absolute atomic E-state index is 5.95.